The van der Waals surface area contributed by atoms with Crippen LogP contribution in [-0.2, 0) is 9.53 Å². The maximum Gasteiger partial charge on any atom is 0.302 e. The fourth-order valence-corrected chi connectivity index (χ4v) is 8.27. The van der Waals surface area contributed by atoms with Crippen LogP contribution in [0.2, 0.25) is 0 Å². The fourth-order valence-electron chi connectivity index (χ4n) is 8.27. The van der Waals surface area contributed by atoms with Gasteiger partial charge in [0.2, 0.25) is 0 Å². The van der Waals surface area contributed by atoms with Crippen molar-refractivity contribution in [3.8, 4) is 5.75 Å². The van der Waals surface area contributed by atoms with Gasteiger partial charge in [0.15, 0.2) is 0 Å². The van der Waals surface area contributed by atoms with Gasteiger partial charge in [-0.1, -0.05) is 32.1 Å². The molecule has 1 aromatic carbocycles. The minimum Gasteiger partial charge on any atom is -0.497 e. The number of hydrogen-bond donors (Lipinski definition) is 0. The smallest absolute Gasteiger partial charge is 0.302 e. The molecule has 3 fully saturated rings. The van der Waals surface area contributed by atoms with Gasteiger partial charge in [0.1, 0.15) is 11.9 Å². The third-order valence-corrected chi connectivity index (χ3v) is 10.0. The average molecular weight is 423 g/mol. The van der Waals surface area contributed by atoms with Gasteiger partial charge in [0.25, 0.3) is 0 Å². The van der Waals surface area contributed by atoms with E-state index in [0.717, 1.165) is 35.8 Å². The van der Waals surface area contributed by atoms with Crippen LogP contribution in [0.15, 0.2) is 30.3 Å². The summed E-state index contributed by atoms with van der Waals surface area (Å²) in [5.41, 5.74) is 3.50. The molecule has 0 amide bonds. The van der Waals surface area contributed by atoms with Gasteiger partial charge in [-0.25, -0.2) is 0 Å². The van der Waals surface area contributed by atoms with E-state index >= 15 is 0 Å². The monoisotopic (exact) mass is 422 g/mol. The summed E-state index contributed by atoms with van der Waals surface area (Å²) in [4.78, 5) is 11.7. The van der Waals surface area contributed by atoms with E-state index in [-0.39, 0.29) is 17.5 Å². The Kier molecular flexibility index (Phi) is 5.22. The fraction of sp³-hybridized carbons (Fsp3) is 0.679. The van der Waals surface area contributed by atoms with Gasteiger partial charge < -0.3 is 9.47 Å². The quantitative estimate of drug-likeness (QED) is 0.511. The molecule has 0 unspecified atom stereocenters. The topological polar surface area (TPSA) is 35.5 Å². The molecule has 31 heavy (non-hydrogen) atoms. The normalized spacial score (nSPS) is 41.4. The van der Waals surface area contributed by atoms with Crippen LogP contribution in [0.1, 0.15) is 77.7 Å². The van der Waals surface area contributed by atoms with Gasteiger partial charge in [-0.2, -0.15) is 0 Å². The predicted molar refractivity (Wildman–Crippen MR) is 124 cm³/mol. The molecule has 4 aliphatic rings. The number of hydrogen-bond acceptors (Lipinski definition) is 3. The lowest BCUT2D eigenvalue weighted by molar-refractivity contribution is -0.159. The Balaban J connectivity index is 1.36. The van der Waals surface area contributed by atoms with E-state index in [1.54, 1.807) is 14.0 Å². The molecule has 0 bridgehead atoms. The molecule has 0 aromatic heterocycles. The highest BCUT2D eigenvalue weighted by atomic mass is 16.5. The summed E-state index contributed by atoms with van der Waals surface area (Å²) < 4.78 is 11.2. The van der Waals surface area contributed by atoms with Crippen LogP contribution in [0.4, 0.5) is 0 Å². The zero-order chi connectivity index (χ0) is 21.8. The van der Waals surface area contributed by atoms with Gasteiger partial charge in [-0.05, 0) is 104 Å². The summed E-state index contributed by atoms with van der Waals surface area (Å²) >= 11 is 0. The zero-order valence-corrected chi connectivity index (χ0v) is 19.7. The molecule has 3 saturated carbocycles. The molecule has 0 aliphatic heterocycles. The number of ether oxygens (including phenoxy) is 2. The number of methoxy groups -OCH3 is 1. The average Bonchev–Trinajstić information content (AvgIpc) is 3.09. The van der Waals surface area contributed by atoms with Crippen molar-refractivity contribution in [3.63, 3.8) is 0 Å². The van der Waals surface area contributed by atoms with Crippen molar-refractivity contribution < 1.29 is 14.3 Å². The molecule has 0 saturated heterocycles. The van der Waals surface area contributed by atoms with E-state index in [9.17, 15) is 4.79 Å². The first-order valence-electron chi connectivity index (χ1n) is 12.4. The molecule has 1 aromatic rings. The molecule has 0 radical (unpaired) electrons. The first kappa shape index (κ1) is 21.1. The molecule has 7 atom stereocenters. The summed E-state index contributed by atoms with van der Waals surface area (Å²) in [6, 6.07) is 8.61. The number of carbonyl (C=O) groups is 1. The number of carbonyl (C=O) groups excluding carboxylic acids is 1. The molecule has 0 spiro atoms. The van der Waals surface area contributed by atoms with Gasteiger partial charge in [-0.15, -0.1) is 0 Å². The van der Waals surface area contributed by atoms with Crippen molar-refractivity contribution >= 4 is 11.5 Å². The van der Waals surface area contributed by atoms with Gasteiger partial charge in [0, 0.05) is 12.3 Å². The Morgan fingerprint density at radius 2 is 1.71 bits per heavy atom. The molecular formula is C28H38O3. The van der Waals surface area contributed by atoms with Crippen molar-refractivity contribution in [2.75, 3.05) is 7.11 Å². The second kappa shape index (κ2) is 7.67. The standard InChI is InChI=1S/C28H38O3/c1-18(29)31-26-12-11-24-23-10-7-21-17-20(19-5-8-22(30-4)9-6-19)13-15-27(21,2)25(23)14-16-28(24,26)3/h5-6,8-9,13,21,23-26H,7,10-12,14-17H2,1-4H3/t21-,23-,24-,25-,26-,27+,28+/m1/s1. The summed E-state index contributed by atoms with van der Waals surface area (Å²) in [7, 11) is 1.73. The molecule has 0 N–H and O–H groups in total. The molecule has 5 rings (SSSR count). The third kappa shape index (κ3) is 3.34. The number of fused-ring (bicyclic) bond motifs is 5. The molecule has 3 heteroatoms. The van der Waals surface area contributed by atoms with E-state index in [4.69, 9.17) is 9.47 Å². The Bertz CT molecular complexity index is 871. The maximum absolute atomic E-state index is 11.7. The Labute approximate surface area is 187 Å². The second-order valence-corrected chi connectivity index (χ2v) is 11.2. The largest absolute Gasteiger partial charge is 0.497 e. The van der Waals surface area contributed by atoms with E-state index in [1.807, 2.05) is 0 Å². The number of esters is 1. The third-order valence-electron chi connectivity index (χ3n) is 10.0. The molecular weight excluding hydrogens is 384 g/mol. The minimum atomic E-state index is -0.104. The van der Waals surface area contributed by atoms with Gasteiger partial charge >= 0.3 is 5.97 Å². The van der Waals surface area contributed by atoms with Crippen LogP contribution in [-0.4, -0.2) is 19.2 Å². The van der Waals surface area contributed by atoms with Crippen molar-refractivity contribution in [1.29, 1.82) is 0 Å². The Morgan fingerprint density at radius 1 is 0.968 bits per heavy atom. The lowest BCUT2D eigenvalue weighted by atomic mass is 9.45. The summed E-state index contributed by atoms with van der Waals surface area (Å²) in [5, 5.41) is 0. The van der Waals surface area contributed by atoms with E-state index in [1.165, 1.54) is 56.1 Å². The van der Waals surface area contributed by atoms with Crippen LogP contribution in [0, 0.1) is 34.5 Å². The second-order valence-electron chi connectivity index (χ2n) is 11.2. The maximum atomic E-state index is 11.7. The lowest BCUT2D eigenvalue weighted by Gasteiger charge is -2.60. The van der Waals surface area contributed by atoms with Crippen LogP contribution in [0.25, 0.3) is 5.57 Å². The van der Waals surface area contributed by atoms with Crippen LogP contribution in [0.3, 0.4) is 0 Å². The molecule has 168 valence electrons. The van der Waals surface area contributed by atoms with Crippen molar-refractivity contribution in [3.05, 3.63) is 35.9 Å². The van der Waals surface area contributed by atoms with Crippen LogP contribution < -0.4 is 4.74 Å². The van der Waals surface area contributed by atoms with Crippen molar-refractivity contribution in [2.45, 2.75) is 78.2 Å². The number of benzene rings is 1. The summed E-state index contributed by atoms with van der Waals surface area (Å²) in [6.07, 6.45) is 12.6. The van der Waals surface area contributed by atoms with E-state index in [0.29, 0.717) is 5.41 Å². The highest BCUT2D eigenvalue weighted by Gasteiger charge is 2.60. The van der Waals surface area contributed by atoms with Gasteiger partial charge in [0.05, 0.1) is 7.11 Å². The predicted octanol–water partition coefficient (Wildman–Crippen LogP) is 6.66. The Morgan fingerprint density at radius 3 is 2.42 bits per heavy atom. The number of allylic oxidation sites excluding steroid dienone is 2. The molecule has 0 heterocycles. The first-order valence-corrected chi connectivity index (χ1v) is 12.4. The van der Waals surface area contributed by atoms with E-state index < -0.39 is 0 Å². The highest BCUT2D eigenvalue weighted by molar-refractivity contribution is 5.67. The number of rotatable bonds is 3. The minimum absolute atomic E-state index is 0.104. The van der Waals surface area contributed by atoms with Crippen molar-refractivity contribution in [1.82, 2.24) is 0 Å². The highest BCUT2D eigenvalue weighted by Crippen LogP contribution is 2.66. The lowest BCUT2D eigenvalue weighted by Crippen LogP contribution is -2.53. The van der Waals surface area contributed by atoms with Crippen molar-refractivity contribution in [2.24, 2.45) is 34.5 Å². The summed E-state index contributed by atoms with van der Waals surface area (Å²) in [5.74, 6) is 3.95. The molecule has 4 aliphatic carbocycles. The van der Waals surface area contributed by atoms with Crippen LogP contribution >= 0.6 is 0 Å². The summed E-state index contributed by atoms with van der Waals surface area (Å²) in [6.45, 7) is 6.59. The Hall–Kier alpha value is -1.77. The molecule has 3 nitrogen and oxygen atoms in total. The first-order chi connectivity index (χ1) is 14.8. The zero-order valence-electron chi connectivity index (χ0n) is 19.7. The van der Waals surface area contributed by atoms with E-state index in [2.05, 4.69) is 44.2 Å². The van der Waals surface area contributed by atoms with Gasteiger partial charge in [-0.3, -0.25) is 4.79 Å². The van der Waals surface area contributed by atoms with Crippen LogP contribution in [0.5, 0.6) is 5.75 Å². The SMILES string of the molecule is COc1ccc(C2=CC[C@@]3(C)[C@H](CC[C@H]4[C@H]3CC[C@@]3(C)[C@@H]4CC[C@H]3OC(C)=O)C2)cc1.